The van der Waals surface area contributed by atoms with E-state index < -0.39 is 6.04 Å². The Morgan fingerprint density at radius 1 is 1.35 bits per heavy atom. The Bertz CT molecular complexity index is 543. The minimum atomic E-state index is -0.562. The van der Waals surface area contributed by atoms with Gasteiger partial charge in [-0.1, -0.05) is 19.9 Å². The number of halogens is 1. The molecule has 1 aliphatic rings. The van der Waals surface area contributed by atoms with Crippen molar-refractivity contribution in [2.75, 3.05) is 11.4 Å². The monoisotopic (exact) mass is 278 g/mol. The zero-order valence-corrected chi connectivity index (χ0v) is 11.9. The molecule has 108 valence electrons. The van der Waals surface area contributed by atoms with Crippen molar-refractivity contribution >= 4 is 17.5 Å². The molecule has 1 heterocycles. The number of carbonyl (C=O) groups excluding carboxylic acids is 2. The van der Waals surface area contributed by atoms with Crippen molar-refractivity contribution in [1.29, 1.82) is 0 Å². The standard InChI is InChI=1S/C15H19FN2O2/c1-9(2)14-15(20)18(8-7-13(19)17-14)12-6-4-5-11(16)10(12)3/h4-6,9,14H,7-8H2,1-3H3,(H,17,19). The van der Waals surface area contributed by atoms with Gasteiger partial charge in [0.05, 0.1) is 0 Å². The maximum atomic E-state index is 13.7. The van der Waals surface area contributed by atoms with Gasteiger partial charge in [-0.05, 0) is 25.0 Å². The van der Waals surface area contributed by atoms with Crippen molar-refractivity contribution < 1.29 is 14.0 Å². The molecule has 1 fully saturated rings. The van der Waals surface area contributed by atoms with Gasteiger partial charge in [-0.2, -0.15) is 0 Å². The fourth-order valence-corrected chi connectivity index (χ4v) is 2.38. The van der Waals surface area contributed by atoms with E-state index in [1.807, 2.05) is 13.8 Å². The predicted molar refractivity (Wildman–Crippen MR) is 74.9 cm³/mol. The van der Waals surface area contributed by atoms with E-state index in [-0.39, 0.29) is 36.5 Å². The zero-order valence-electron chi connectivity index (χ0n) is 11.9. The van der Waals surface area contributed by atoms with Gasteiger partial charge in [0, 0.05) is 24.2 Å². The molecule has 1 atom stereocenters. The lowest BCUT2D eigenvalue weighted by Crippen LogP contribution is -2.48. The molecule has 2 rings (SSSR count). The first-order valence-corrected chi connectivity index (χ1v) is 6.77. The van der Waals surface area contributed by atoms with Crippen molar-refractivity contribution in [3.05, 3.63) is 29.6 Å². The van der Waals surface area contributed by atoms with Gasteiger partial charge in [-0.15, -0.1) is 0 Å². The Balaban J connectivity index is 2.41. The number of nitrogens with one attached hydrogen (secondary N) is 1. The minimum absolute atomic E-state index is 0.0130. The van der Waals surface area contributed by atoms with E-state index in [0.717, 1.165) is 0 Å². The van der Waals surface area contributed by atoms with Crippen LogP contribution in [0.3, 0.4) is 0 Å². The van der Waals surface area contributed by atoms with Gasteiger partial charge in [-0.3, -0.25) is 9.59 Å². The molecular weight excluding hydrogens is 259 g/mol. The summed E-state index contributed by atoms with van der Waals surface area (Å²) in [7, 11) is 0. The largest absolute Gasteiger partial charge is 0.344 e. The van der Waals surface area contributed by atoms with Crippen LogP contribution in [0.2, 0.25) is 0 Å². The molecule has 1 unspecified atom stereocenters. The Hall–Kier alpha value is -1.91. The van der Waals surface area contributed by atoms with E-state index in [0.29, 0.717) is 11.3 Å². The third-order valence-corrected chi connectivity index (χ3v) is 3.61. The summed E-state index contributed by atoms with van der Waals surface area (Å²) in [6, 6.07) is 4.09. The first-order valence-electron chi connectivity index (χ1n) is 6.77. The average Bonchev–Trinajstić information content (AvgIpc) is 2.53. The lowest BCUT2D eigenvalue weighted by molar-refractivity contribution is -0.126. The lowest BCUT2D eigenvalue weighted by Gasteiger charge is -2.27. The Morgan fingerprint density at radius 2 is 2.05 bits per heavy atom. The molecule has 20 heavy (non-hydrogen) atoms. The molecule has 0 spiro atoms. The van der Waals surface area contributed by atoms with Crippen LogP contribution >= 0.6 is 0 Å². The Kier molecular flexibility index (Phi) is 4.06. The van der Waals surface area contributed by atoms with Crippen LogP contribution in [-0.2, 0) is 9.59 Å². The molecule has 1 aromatic rings. The Labute approximate surface area is 118 Å². The molecule has 1 aromatic carbocycles. The number of anilines is 1. The predicted octanol–water partition coefficient (Wildman–Crippen LogP) is 2.01. The van der Waals surface area contributed by atoms with Gasteiger partial charge >= 0.3 is 0 Å². The van der Waals surface area contributed by atoms with Crippen molar-refractivity contribution in [3.8, 4) is 0 Å². The molecule has 1 N–H and O–H groups in total. The van der Waals surface area contributed by atoms with E-state index in [9.17, 15) is 14.0 Å². The normalized spacial score (nSPS) is 20.1. The smallest absolute Gasteiger partial charge is 0.249 e. The molecular formula is C15H19FN2O2. The van der Waals surface area contributed by atoms with Gasteiger partial charge < -0.3 is 10.2 Å². The summed E-state index contributed by atoms with van der Waals surface area (Å²) in [5.74, 6) is -0.686. The molecule has 2 amide bonds. The summed E-state index contributed by atoms with van der Waals surface area (Å²) >= 11 is 0. The first kappa shape index (κ1) is 14.5. The van der Waals surface area contributed by atoms with Gasteiger partial charge in [0.1, 0.15) is 11.9 Å². The number of amides is 2. The fourth-order valence-electron chi connectivity index (χ4n) is 2.38. The average molecular weight is 278 g/mol. The summed E-state index contributed by atoms with van der Waals surface area (Å²) in [6.45, 7) is 5.68. The molecule has 1 saturated heterocycles. The lowest BCUT2D eigenvalue weighted by atomic mass is 10.0. The van der Waals surface area contributed by atoms with Crippen LogP contribution in [0.1, 0.15) is 25.8 Å². The van der Waals surface area contributed by atoms with Crippen LogP contribution in [0, 0.1) is 18.7 Å². The quantitative estimate of drug-likeness (QED) is 0.899. The second-order valence-corrected chi connectivity index (χ2v) is 5.41. The molecule has 0 bridgehead atoms. The highest BCUT2D eigenvalue weighted by Crippen LogP contribution is 2.25. The van der Waals surface area contributed by atoms with E-state index in [2.05, 4.69) is 5.32 Å². The first-order chi connectivity index (χ1) is 9.41. The second-order valence-electron chi connectivity index (χ2n) is 5.41. The number of carbonyl (C=O) groups is 2. The molecule has 0 radical (unpaired) electrons. The van der Waals surface area contributed by atoms with Gasteiger partial charge in [0.15, 0.2) is 0 Å². The summed E-state index contributed by atoms with van der Waals surface area (Å²) in [6.07, 6.45) is 0.227. The third-order valence-electron chi connectivity index (χ3n) is 3.61. The SMILES string of the molecule is Cc1c(F)cccc1N1CCC(=O)NC(C(C)C)C1=O. The zero-order chi connectivity index (χ0) is 14.9. The van der Waals surface area contributed by atoms with Crippen LogP contribution in [-0.4, -0.2) is 24.4 Å². The summed E-state index contributed by atoms with van der Waals surface area (Å²) in [5, 5.41) is 2.74. The van der Waals surface area contributed by atoms with Crippen molar-refractivity contribution in [2.45, 2.75) is 33.2 Å². The molecule has 4 nitrogen and oxygen atoms in total. The van der Waals surface area contributed by atoms with Gasteiger partial charge in [-0.25, -0.2) is 4.39 Å². The number of nitrogens with zero attached hydrogens (tertiary/aromatic N) is 1. The van der Waals surface area contributed by atoms with Crippen LogP contribution in [0.15, 0.2) is 18.2 Å². The second kappa shape index (κ2) is 5.61. The third kappa shape index (κ3) is 2.66. The highest BCUT2D eigenvalue weighted by molar-refractivity contribution is 6.01. The van der Waals surface area contributed by atoms with Crippen molar-refractivity contribution in [1.82, 2.24) is 5.32 Å². The summed E-state index contributed by atoms with van der Waals surface area (Å²) in [4.78, 5) is 25.8. The van der Waals surface area contributed by atoms with Crippen LogP contribution in [0.4, 0.5) is 10.1 Å². The molecule has 5 heteroatoms. The fraction of sp³-hybridized carbons (Fsp3) is 0.467. The molecule has 0 saturated carbocycles. The number of benzene rings is 1. The molecule has 0 aromatic heterocycles. The van der Waals surface area contributed by atoms with Gasteiger partial charge in [0.25, 0.3) is 0 Å². The molecule has 1 aliphatic heterocycles. The summed E-state index contributed by atoms with van der Waals surface area (Å²) in [5.41, 5.74) is 0.967. The van der Waals surface area contributed by atoms with E-state index in [1.165, 1.54) is 11.0 Å². The van der Waals surface area contributed by atoms with Crippen molar-refractivity contribution in [3.63, 3.8) is 0 Å². The van der Waals surface area contributed by atoms with Crippen molar-refractivity contribution in [2.24, 2.45) is 5.92 Å². The highest BCUT2D eigenvalue weighted by Gasteiger charge is 2.33. The minimum Gasteiger partial charge on any atom is -0.344 e. The van der Waals surface area contributed by atoms with Crippen LogP contribution in [0.5, 0.6) is 0 Å². The van der Waals surface area contributed by atoms with Crippen LogP contribution in [0.25, 0.3) is 0 Å². The van der Waals surface area contributed by atoms with E-state index in [1.54, 1.807) is 19.1 Å². The number of hydrogen-bond acceptors (Lipinski definition) is 2. The molecule has 0 aliphatic carbocycles. The van der Waals surface area contributed by atoms with E-state index >= 15 is 0 Å². The number of hydrogen-bond donors (Lipinski definition) is 1. The Morgan fingerprint density at radius 3 is 2.70 bits per heavy atom. The maximum Gasteiger partial charge on any atom is 0.249 e. The number of rotatable bonds is 2. The highest BCUT2D eigenvalue weighted by atomic mass is 19.1. The van der Waals surface area contributed by atoms with E-state index in [4.69, 9.17) is 0 Å². The van der Waals surface area contributed by atoms with Crippen LogP contribution < -0.4 is 10.2 Å². The van der Waals surface area contributed by atoms with Gasteiger partial charge in [0.2, 0.25) is 11.8 Å². The maximum absolute atomic E-state index is 13.7. The summed E-state index contributed by atoms with van der Waals surface area (Å²) < 4.78 is 13.7. The topological polar surface area (TPSA) is 49.4 Å².